The van der Waals surface area contributed by atoms with Crippen molar-refractivity contribution in [2.24, 2.45) is 5.92 Å². The summed E-state index contributed by atoms with van der Waals surface area (Å²) >= 11 is 0. The van der Waals surface area contributed by atoms with Crippen molar-refractivity contribution in [1.29, 1.82) is 0 Å². The Kier molecular flexibility index (Phi) is 4.43. The van der Waals surface area contributed by atoms with E-state index in [0.717, 1.165) is 12.2 Å². The molecule has 0 saturated carbocycles. The lowest BCUT2D eigenvalue weighted by atomic mass is 10.0. The first-order chi connectivity index (χ1) is 9.06. The van der Waals surface area contributed by atoms with Crippen molar-refractivity contribution in [2.75, 3.05) is 24.1 Å². The standard InChI is InChI=1S/C15H23N3O/c1-11(2)14-7-4-8-18(14)10-15(19)17-13-6-3-5-12(16)9-13/h3,5-6,9,11,14H,4,7-8,10,16H2,1-2H3,(H,17,19). The highest BCUT2D eigenvalue weighted by Gasteiger charge is 2.28. The molecule has 1 aliphatic heterocycles. The fourth-order valence-corrected chi connectivity index (χ4v) is 2.80. The van der Waals surface area contributed by atoms with Gasteiger partial charge in [0.2, 0.25) is 5.91 Å². The van der Waals surface area contributed by atoms with Gasteiger partial charge in [-0.05, 0) is 43.5 Å². The third-order valence-electron chi connectivity index (χ3n) is 3.70. The second kappa shape index (κ2) is 6.06. The number of anilines is 2. The molecule has 1 aromatic rings. The highest BCUT2D eigenvalue weighted by Crippen LogP contribution is 2.23. The van der Waals surface area contributed by atoms with Crippen LogP contribution in [0.15, 0.2) is 24.3 Å². The van der Waals surface area contributed by atoms with E-state index in [1.54, 1.807) is 6.07 Å². The third kappa shape index (κ3) is 3.70. The first kappa shape index (κ1) is 13.9. The zero-order valence-corrected chi connectivity index (χ0v) is 11.7. The van der Waals surface area contributed by atoms with Crippen molar-refractivity contribution in [1.82, 2.24) is 4.90 Å². The zero-order chi connectivity index (χ0) is 13.8. The second-order valence-electron chi connectivity index (χ2n) is 5.60. The highest BCUT2D eigenvalue weighted by atomic mass is 16.2. The van der Waals surface area contributed by atoms with Crippen LogP contribution in [-0.4, -0.2) is 29.9 Å². The smallest absolute Gasteiger partial charge is 0.238 e. The molecular weight excluding hydrogens is 238 g/mol. The minimum Gasteiger partial charge on any atom is -0.399 e. The van der Waals surface area contributed by atoms with Crippen LogP contribution in [0, 0.1) is 5.92 Å². The maximum Gasteiger partial charge on any atom is 0.238 e. The monoisotopic (exact) mass is 261 g/mol. The van der Waals surface area contributed by atoms with Gasteiger partial charge in [-0.1, -0.05) is 19.9 Å². The Bertz CT molecular complexity index is 445. The lowest BCUT2D eigenvalue weighted by Crippen LogP contribution is -2.39. The van der Waals surface area contributed by atoms with Crippen LogP contribution in [0.1, 0.15) is 26.7 Å². The summed E-state index contributed by atoms with van der Waals surface area (Å²) in [6, 6.07) is 7.83. The molecule has 4 heteroatoms. The summed E-state index contributed by atoms with van der Waals surface area (Å²) in [4.78, 5) is 14.3. The van der Waals surface area contributed by atoms with Crippen LogP contribution in [0.25, 0.3) is 0 Å². The zero-order valence-electron chi connectivity index (χ0n) is 11.7. The summed E-state index contributed by atoms with van der Waals surface area (Å²) in [5.74, 6) is 0.640. The van der Waals surface area contributed by atoms with Crippen LogP contribution in [0.3, 0.4) is 0 Å². The predicted molar refractivity (Wildman–Crippen MR) is 78.9 cm³/mol. The van der Waals surface area contributed by atoms with Crippen molar-refractivity contribution in [3.63, 3.8) is 0 Å². The average Bonchev–Trinajstić information content (AvgIpc) is 2.76. The van der Waals surface area contributed by atoms with Crippen LogP contribution in [0.4, 0.5) is 11.4 Å². The summed E-state index contributed by atoms with van der Waals surface area (Å²) in [7, 11) is 0. The Hall–Kier alpha value is -1.55. The number of carbonyl (C=O) groups is 1. The first-order valence-corrected chi connectivity index (χ1v) is 6.95. The summed E-state index contributed by atoms with van der Waals surface area (Å²) in [5, 5.41) is 2.91. The van der Waals surface area contributed by atoms with Gasteiger partial charge in [-0.2, -0.15) is 0 Å². The Morgan fingerprint density at radius 2 is 2.32 bits per heavy atom. The maximum atomic E-state index is 12.1. The number of nitrogens with one attached hydrogen (secondary N) is 1. The van der Waals surface area contributed by atoms with Crippen molar-refractivity contribution in [2.45, 2.75) is 32.7 Å². The number of nitrogens with two attached hydrogens (primary N) is 1. The number of hydrogen-bond acceptors (Lipinski definition) is 3. The van der Waals surface area contributed by atoms with Crippen LogP contribution >= 0.6 is 0 Å². The summed E-state index contributed by atoms with van der Waals surface area (Å²) in [6.45, 7) is 5.93. The molecule has 0 spiro atoms. The third-order valence-corrected chi connectivity index (χ3v) is 3.70. The quantitative estimate of drug-likeness (QED) is 0.818. The molecule has 1 unspecified atom stereocenters. The lowest BCUT2D eigenvalue weighted by molar-refractivity contribution is -0.117. The van der Waals surface area contributed by atoms with Gasteiger partial charge in [0.15, 0.2) is 0 Å². The van der Waals surface area contributed by atoms with Gasteiger partial charge in [-0.25, -0.2) is 0 Å². The van der Waals surface area contributed by atoms with E-state index in [0.29, 0.717) is 24.2 Å². The fraction of sp³-hybridized carbons (Fsp3) is 0.533. The molecule has 1 aliphatic rings. The van der Waals surface area contributed by atoms with E-state index < -0.39 is 0 Å². The molecule has 1 aromatic carbocycles. The minimum atomic E-state index is 0.0400. The number of nitrogens with zero attached hydrogens (tertiary/aromatic N) is 1. The molecule has 4 nitrogen and oxygen atoms in total. The highest BCUT2D eigenvalue weighted by molar-refractivity contribution is 5.92. The number of rotatable bonds is 4. The van der Waals surface area contributed by atoms with Crippen LogP contribution < -0.4 is 11.1 Å². The molecule has 2 rings (SSSR count). The van der Waals surface area contributed by atoms with E-state index in [2.05, 4.69) is 24.1 Å². The molecule has 3 N–H and O–H groups in total. The minimum absolute atomic E-state index is 0.0400. The van der Waals surface area contributed by atoms with Gasteiger partial charge < -0.3 is 11.1 Å². The maximum absolute atomic E-state index is 12.1. The Morgan fingerprint density at radius 1 is 1.53 bits per heavy atom. The topological polar surface area (TPSA) is 58.4 Å². The van der Waals surface area contributed by atoms with E-state index in [-0.39, 0.29) is 5.91 Å². The molecule has 1 heterocycles. The number of benzene rings is 1. The van der Waals surface area contributed by atoms with E-state index in [1.807, 2.05) is 18.2 Å². The van der Waals surface area contributed by atoms with Crippen molar-refractivity contribution < 1.29 is 4.79 Å². The molecule has 104 valence electrons. The summed E-state index contributed by atoms with van der Waals surface area (Å²) < 4.78 is 0. The lowest BCUT2D eigenvalue weighted by Gasteiger charge is -2.26. The molecular formula is C15H23N3O. The summed E-state index contributed by atoms with van der Waals surface area (Å²) in [5.41, 5.74) is 7.13. The van der Waals surface area contributed by atoms with Gasteiger partial charge in [0.1, 0.15) is 0 Å². The van der Waals surface area contributed by atoms with Gasteiger partial charge in [0, 0.05) is 17.4 Å². The Morgan fingerprint density at radius 3 is 3.00 bits per heavy atom. The van der Waals surface area contributed by atoms with Gasteiger partial charge >= 0.3 is 0 Å². The molecule has 0 aromatic heterocycles. The molecule has 0 aliphatic carbocycles. The van der Waals surface area contributed by atoms with Crippen LogP contribution in [0.2, 0.25) is 0 Å². The van der Waals surface area contributed by atoms with E-state index in [9.17, 15) is 4.79 Å². The first-order valence-electron chi connectivity index (χ1n) is 6.95. The normalized spacial score (nSPS) is 19.8. The van der Waals surface area contributed by atoms with Gasteiger partial charge in [-0.3, -0.25) is 9.69 Å². The Balaban J connectivity index is 1.91. The number of carbonyl (C=O) groups excluding carboxylic acids is 1. The average molecular weight is 261 g/mol. The second-order valence-corrected chi connectivity index (χ2v) is 5.60. The van der Waals surface area contributed by atoms with Crippen LogP contribution in [0.5, 0.6) is 0 Å². The largest absolute Gasteiger partial charge is 0.399 e. The predicted octanol–water partition coefficient (Wildman–Crippen LogP) is 2.33. The van der Waals surface area contributed by atoms with Crippen LogP contribution in [-0.2, 0) is 4.79 Å². The molecule has 1 amide bonds. The molecule has 1 fully saturated rings. The van der Waals surface area contributed by atoms with Crippen molar-refractivity contribution >= 4 is 17.3 Å². The molecule has 1 atom stereocenters. The molecule has 19 heavy (non-hydrogen) atoms. The van der Waals surface area contributed by atoms with E-state index >= 15 is 0 Å². The number of nitrogen functional groups attached to an aromatic ring is 1. The van der Waals surface area contributed by atoms with E-state index in [1.165, 1.54) is 12.8 Å². The molecule has 0 bridgehead atoms. The summed E-state index contributed by atoms with van der Waals surface area (Å²) in [6.07, 6.45) is 2.39. The fourth-order valence-electron chi connectivity index (χ4n) is 2.80. The molecule has 1 saturated heterocycles. The van der Waals surface area contributed by atoms with Crippen molar-refractivity contribution in [3.05, 3.63) is 24.3 Å². The number of hydrogen-bond donors (Lipinski definition) is 2. The van der Waals surface area contributed by atoms with Gasteiger partial charge in [0.05, 0.1) is 6.54 Å². The van der Waals surface area contributed by atoms with Gasteiger partial charge in [0.25, 0.3) is 0 Å². The van der Waals surface area contributed by atoms with E-state index in [4.69, 9.17) is 5.73 Å². The van der Waals surface area contributed by atoms with Crippen molar-refractivity contribution in [3.8, 4) is 0 Å². The van der Waals surface area contributed by atoms with Gasteiger partial charge in [-0.15, -0.1) is 0 Å². The molecule has 0 radical (unpaired) electrons. The Labute approximate surface area is 115 Å². The number of amides is 1. The number of likely N-dealkylation sites (tertiary alicyclic amines) is 1. The SMILES string of the molecule is CC(C)C1CCCN1CC(=O)Nc1cccc(N)c1.